The zero-order valence-corrected chi connectivity index (χ0v) is 17.3. The number of halogens is 3. The number of alkyl halides is 3. The van der Waals surface area contributed by atoms with Crippen LogP contribution < -0.4 is 20.7 Å². The zero-order chi connectivity index (χ0) is 22.9. The minimum Gasteiger partial charge on any atom is -0.494 e. The molecule has 0 aliphatic carbocycles. The first-order valence-corrected chi connectivity index (χ1v) is 9.80. The van der Waals surface area contributed by atoms with E-state index >= 15 is 0 Å². The van der Waals surface area contributed by atoms with Gasteiger partial charge in [0.2, 0.25) is 0 Å². The Morgan fingerprint density at radius 1 is 1.16 bits per heavy atom. The monoisotopic (exact) mass is 434 g/mol. The van der Waals surface area contributed by atoms with Crippen LogP contribution in [0, 0.1) is 11.3 Å². The van der Waals surface area contributed by atoms with Crippen molar-refractivity contribution < 1.29 is 22.7 Å². The fraction of sp³-hybridized carbons (Fsp3) is 0.364. The summed E-state index contributed by atoms with van der Waals surface area (Å²) in [6, 6.07) is 12.0. The van der Waals surface area contributed by atoms with Gasteiger partial charge in [0.15, 0.2) is 0 Å². The van der Waals surface area contributed by atoms with E-state index in [9.17, 15) is 18.0 Å². The summed E-state index contributed by atoms with van der Waals surface area (Å²) < 4.78 is 44.5. The smallest absolute Gasteiger partial charge is 0.417 e. The van der Waals surface area contributed by atoms with E-state index in [1.165, 1.54) is 12.1 Å². The van der Waals surface area contributed by atoms with Gasteiger partial charge in [0.05, 0.1) is 23.8 Å². The van der Waals surface area contributed by atoms with Crippen LogP contribution in [-0.4, -0.2) is 25.2 Å². The number of nitrogens with zero attached hydrogens (tertiary/aromatic N) is 1. The standard InChI is InChI=1S/C22H25F3N4O2/c1-15(2)28-14-16-4-8-19(9-5-16)31-11-3-10-27-21(30)29-18-7-6-17(13-26)20(12-18)22(23,24)25/h4-9,12,15,28H,3,10-11,14H2,1-2H3,(H2,27,29,30). The molecule has 0 fully saturated rings. The van der Waals surface area contributed by atoms with Crippen LogP contribution in [0.5, 0.6) is 5.75 Å². The van der Waals surface area contributed by atoms with Crippen LogP contribution in [0.15, 0.2) is 42.5 Å². The number of amides is 2. The van der Waals surface area contributed by atoms with E-state index in [2.05, 4.69) is 29.8 Å². The number of carbonyl (C=O) groups is 1. The predicted molar refractivity (Wildman–Crippen MR) is 112 cm³/mol. The van der Waals surface area contributed by atoms with E-state index in [1.54, 1.807) is 0 Å². The number of hydrogen-bond donors (Lipinski definition) is 3. The molecule has 31 heavy (non-hydrogen) atoms. The normalized spacial score (nSPS) is 11.1. The lowest BCUT2D eigenvalue weighted by atomic mass is 10.1. The van der Waals surface area contributed by atoms with E-state index < -0.39 is 23.3 Å². The summed E-state index contributed by atoms with van der Waals surface area (Å²) in [4.78, 5) is 11.9. The van der Waals surface area contributed by atoms with E-state index in [1.807, 2.05) is 24.3 Å². The van der Waals surface area contributed by atoms with E-state index in [0.29, 0.717) is 19.1 Å². The minimum atomic E-state index is -4.68. The molecule has 6 nitrogen and oxygen atoms in total. The molecule has 0 bridgehead atoms. The predicted octanol–water partition coefficient (Wildman–Crippen LogP) is 4.67. The molecule has 0 unspecified atom stereocenters. The minimum absolute atomic E-state index is 0.0490. The van der Waals surface area contributed by atoms with Gasteiger partial charge in [0, 0.05) is 24.8 Å². The van der Waals surface area contributed by atoms with Crippen LogP contribution >= 0.6 is 0 Å². The SMILES string of the molecule is CC(C)NCc1ccc(OCCCNC(=O)Nc2ccc(C#N)c(C(F)(F)F)c2)cc1. The van der Waals surface area contributed by atoms with Crippen LogP contribution in [0.4, 0.5) is 23.7 Å². The summed E-state index contributed by atoms with van der Waals surface area (Å²) in [5, 5.41) is 17.0. The summed E-state index contributed by atoms with van der Waals surface area (Å²) in [6.45, 7) is 5.59. The Kier molecular flexibility index (Phi) is 8.70. The molecule has 2 aromatic carbocycles. The molecule has 0 heterocycles. The highest BCUT2D eigenvalue weighted by Crippen LogP contribution is 2.33. The number of nitriles is 1. The van der Waals surface area contributed by atoms with Crippen LogP contribution in [0.2, 0.25) is 0 Å². The third-order valence-electron chi connectivity index (χ3n) is 4.22. The molecule has 0 saturated heterocycles. The van der Waals surface area contributed by atoms with Crippen molar-refractivity contribution in [3.8, 4) is 11.8 Å². The largest absolute Gasteiger partial charge is 0.494 e. The molecule has 166 valence electrons. The molecule has 0 aliphatic rings. The Hall–Kier alpha value is -3.25. The molecular formula is C22H25F3N4O2. The van der Waals surface area contributed by atoms with Crippen LogP contribution in [0.25, 0.3) is 0 Å². The third-order valence-corrected chi connectivity index (χ3v) is 4.22. The Labute approximate surface area is 179 Å². The van der Waals surface area contributed by atoms with Gasteiger partial charge in [-0.25, -0.2) is 4.79 Å². The second-order valence-corrected chi connectivity index (χ2v) is 7.13. The fourth-order valence-electron chi connectivity index (χ4n) is 2.62. The van der Waals surface area contributed by atoms with Gasteiger partial charge in [-0.1, -0.05) is 26.0 Å². The molecule has 2 rings (SSSR count). The quantitative estimate of drug-likeness (QED) is 0.501. The lowest BCUT2D eigenvalue weighted by molar-refractivity contribution is -0.137. The maximum atomic E-state index is 13.0. The molecule has 0 radical (unpaired) electrons. The molecule has 2 aromatic rings. The molecular weight excluding hydrogens is 409 g/mol. The average Bonchev–Trinajstić information content (AvgIpc) is 2.72. The molecule has 0 spiro atoms. The van der Waals surface area contributed by atoms with Crippen molar-refractivity contribution >= 4 is 11.7 Å². The lowest BCUT2D eigenvalue weighted by Gasteiger charge is -2.12. The van der Waals surface area contributed by atoms with E-state index in [-0.39, 0.29) is 12.2 Å². The van der Waals surface area contributed by atoms with E-state index in [4.69, 9.17) is 10.00 Å². The van der Waals surface area contributed by atoms with Crippen molar-refractivity contribution in [3.63, 3.8) is 0 Å². The molecule has 9 heteroatoms. The van der Waals surface area contributed by atoms with Gasteiger partial charge in [-0.2, -0.15) is 18.4 Å². The summed E-state index contributed by atoms with van der Waals surface area (Å²) in [5.41, 5.74) is -0.491. The van der Waals surface area contributed by atoms with Gasteiger partial charge < -0.3 is 20.7 Å². The van der Waals surface area contributed by atoms with Gasteiger partial charge in [0.1, 0.15) is 5.75 Å². The van der Waals surface area contributed by atoms with E-state index in [0.717, 1.165) is 30.0 Å². The van der Waals surface area contributed by atoms with Crippen molar-refractivity contribution in [2.24, 2.45) is 0 Å². The molecule has 3 N–H and O–H groups in total. The number of urea groups is 1. The summed E-state index contributed by atoms with van der Waals surface area (Å²) in [7, 11) is 0. The molecule has 0 atom stereocenters. The van der Waals surface area contributed by atoms with Gasteiger partial charge in [-0.05, 0) is 42.3 Å². The Morgan fingerprint density at radius 2 is 1.87 bits per heavy atom. The highest BCUT2D eigenvalue weighted by molar-refractivity contribution is 5.89. The number of nitrogens with one attached hydrogen (secondary N) is 3. The Balaban J connectivity index is 1.72. The van der Waals surface area contributed by atoms with Crippen molar-refractivity contribution in [1.29, 1.82) is 5.26 Å². The fourth-order valence-corrected chi connectivity index (χ4v) is 2.62. The number of carbonyl (C=O) groups excluding carboxylic acids is 1. The molecule has 0 aromatic heterocycles. The van der Waals surface area contributed by atoms with Crippen molar-refractivity contribution in [2.75, 3.05) is 18.5 Å². The van der Waals surface area contributed by atoms with Crippen LogP contribution in [0.1, 0.15) is 37.0 Å². The van der Waals surface area contributed by atoms with Crippen molar-refractivity contribution in [2.45, 2.75) is 39.0 Å². The highest BCUT2D eigenvalue weighted by Gasteiger charge is 2.33. The van der Waals surface area contributed by atoms with Gasteiger partial charge in [-0.3, -0.25) is 0 Å². The summed E-state index contributed by atoms with van der Waals surface area (Å²) in [6.07, 6.45) is -4.16. The van der Waals surface area contributed by atoms with Crippen LogP contribution in [0.3, 0.4) is 0 Å². The second-order valence-electron chi connectivity index (χ2n) is 7.13. The van der Waals surface area contributed by atoms with Gasteiger partial charge in [-0.15, -0.1) is 0 Å². The van der Waals surface area contributed by atoms with Crippen LogP contribution in [-0.2, 0) is 12.7 Å². The Morgan fingerprint density at radius 3 is 2.48 bits per heavy atom. The Bertz CT molecular complexity index is 906. The first-order chi connectivity index (χ1) is 14.7. The maximum absolute atomic E-state index is 13.0. The van der Waals surface area contributed by atoms with Gasteiger partial charge >= 0.3 is 12.2 Å². The molecule has 2 amide bonds. The number of ether oxygens (including phenoxy) is 1. The van der Waals surface area contributed by atoms with Crippen molar-refractivity contribution in [1.82, 2.24) is 10.6 Å². The summed E-state index contributed by atoms with van der Waals surface area (Å²) in [5.74, 6) is 0.718. The number of anilines is 1. The first kappa shape index (κ1) is 24.0. The molecule has 0 saturated carbocycles. The van der Waals surface area contributed by atoms with Gasteiger partial charge in [0.25, 0.3) is 0 Å². The highest BCUT2D eigenvalue weighted by atomic mass is 19.4. The first-order valence-electron chi connectivity index (χ1n) is 9.80. The van der Waals surface area contributed by atoms with Crippen molar-refractivity contribution in [3.05, 3.63) is 59.2 Å². The lowest BCUT2D eigenvalue weighted by Crippen LogP contribution is -2.30. The topological polar surface area (TPSA) is 86.2 Å². The molecule has 0 aliphatic heterocycles. The summed E-state index contributed by atoms with van der Waals surface area (Å²) >= 11 is 0. The number of rotatable bonds is 9. The number of benzene rings is 2. The second kappa shape index (κ2) is 11.2. The average molecular weight is 434 g/mol. The third kappa shape index (κ3) is 8.18. The zero-order valence-electron chi connectivity index (χ0n) is 17.3. The maximum Gasteiger partial charge on any atom is 0.417 e. The number of hydrogen-bond acceptors (Lipinski definition) is 4.